The summed E-state index contributed by atoms with van der Waals surface area (Å²) in [5, 5.41) is 8.68. The maximum atomic E-state index is 10.5. The Balaban J connectivity index is 3.49. The van der Waals surface area contributed by atoms with E-state index in [1.165, 1.54) is 19.3 Å². The van der Waals surface area contributed by atoms with E-state index in [-0.39, 0.29) is 5.92 Å². The molecule has 1 N–H and O–H groups in total. The molecule has 0 aliphatic carbocycles. The number of carbonyl (C=O) groups is 1. The molecule has 0 saturated heterocycles. The molecule has 0 bridgehead atoms. The van der Waals surface area contributed by atoms with Crippen molar-refractivity contribution in [2.45, 2.75) is 33.1 Å². The highest BCUT2D eigenvalue weighted by Crippen LogP contribution is 2.01. The first-order valence-corrected chi connectivity index (χ1v) is 4.99. The molecule has 0 rings (SSSR count). The van der Waals surface area contributed by atoms with Crippen molar-refractivity contribution < 1.29 is 9.90 Å². The quantitative estimate of drug-likeness (QED) is 0.618. The van der Waals surface area contributed by atoms with Crippen LogP contribution in [0.15, 0.2) is 0 Å². The highest BCUT2D eigenvalue weighted by Gasteiger charge is 2.12. The van der Waals surface area contributed by atoms with E-state index in [4.69, 9.17) is 5.11 Å². The van der Waals surface area contributed by atoms with E-state index in [2.05, 4.69) is 11.8 Å². The third-order valence-corrected chi connectivity index (χ3v) is 2.15. The van der Waals surface area contributed by atoms with Crippen molar-refractivity contribution >= 4 is 5.97 Å². The van der Waals surface area contributed by atoms with Gasteiger partial charge in [0.2, 0.25) is 0 Å². The molecule has 0 aliphatic rings. The molecule has 1 atom stereocenters. The molecule has 0 fully saturated rings. The number of nitrogens with zero attached hydrogens (tertiary/aromatic N) is 1. The van der Waals surface area contributed by atoms with E-state index in [9.17, 15) is 4.79 Å². The van der Waals surface area contributed by atoms with Gasteiger partial charge in [0.15, 0.2) is 0 Å². The van der Waals surface area contributed by atoms with Crippen molar-refractivity contribution in [3.63, 3.8) is 0 Å². The van der Waals surface area contributed by atoms with Gasteiger partial charge < -0.3 is 10.0 Å². The topological polar surface area (TPSA) is 40.5 Å². The van der Waals surface area contributed by atoms with Crippen LogP contribution < -0.4 is 0 Å². The molecule has 0 aliphatic heterocycles. The van der Waals surface area contributed by atoms with Gasteiger partial charge in [-0.2, -0.15) is 0 Å². The summed E-state index contributed by atoms with van der Waals surface area (Å²) in [7, 11) is 1.98. The van der Waals surface area contributed by atoms with Crippen molar-refractivity contribution in [3.8, 4) is 0 Å². The van der Waals surface area contributed by atoms with Gasteiger partial charge in [-0.05, 0) is 20.0 Å². The Morgan fingerprint density at radius 3 is 2.54 bits per heavy atom. The molecule has 0 aromatic heterocycles. The Kier molecular flexibility index (Phi) is 6.59. The summed E-state index contributed by atoms with van der Waals surface area (Å²) in [6.07, 6.45) is 3.60. The Morgan fingerprint density at radius 1 is 1.46 bits per heavy atom. The zero-order valence-corrected chi connectivity index (χ0v) is 8.92. The Labute approximate surface area is 80.7 Å². The van der Waals surface area contributed by atoms with Crippen molar-refractivity contribution in [1.82, 2.24) is 4.90 Å². The van der Waals surface area contributed by atoms with E-state index >= 15 is 0 Å². The maximum absolute atomic E-state index is 10.5. The molecule has 0 amide bonds. The maximum Gasteiger partial charge on any atom is 0.307 e. The SMILES string of the molecule is CCCCCN(C)CC(C)C(=O)O. The first-order valence-electron chi connectivity index (χ1n) is 4.99. The molecule has 3 heteroatoms. The average Bonchev–Trinajstić information content (AvgIpc) is 2.04. The van der Waals surface area contributed by atoms with Crippen molar-refractivity contribution in [2.24, 2.45) is 5.92 Å². The zero-order valence-electron chi connectivity index (χ0n) is 8.92. The van der Waals surface area contributed by atoms with Gasteiger partial charge in [-0.3, -0.25) is 4.79 Å². The van der Waals surface area contributed by atoms with E-state index < -0.39 is 5.97 Å². The van der Waals surface area contributed by atoms with E-state index in [0.29, 0.717) is 6.54 Å². The van der Waals surface area contributed by atoms with Crippen LogP contribution in [0.1, 0.15) is 33.1 Å². The number of rotatable bonds is 7. The predicted octanol–water partition coefficient (Wildman–Crippen LogP) is 1.83. The minimum Gasteiger partial charge on any atom is -0.481 e. The van der Waals surface area contributed by atoms with E-state index in [1.54, 1.807) is 6.92 Å². The van der Waals surface area contributed by atoms with Gasteiger partial charge in [-0.15, -0.1) is 0 Å². The molecular formula is C10H21NO2. The first kappa shape index (κ1) is 12.4. The molecule has 0 radical (unpaired) electrons. The fraction of sp³-hybridized carbons (Fsp3) is 0.900. The van der Waals surface area contributed by atoms with Crippen LogP contribution in [0, 0.1) is 5.92 Å². The summed E-state index contributed by atoms with van der Waals surface area (Å²) in [5.74, 6) is -0.964. The van der Waals surface area contributed by atoms with Crippen LogP contribution in [0.25, 0.3) is 0 Å². The Morgan fingerprint density at radius 2 is 2.08 bits per heavy atom. The standard InChI is InChI=1S/C10H21NO2/c1-4-5-6-7-11(3)8-9(2)10(12)13/h9H,4-8H2,1-3H3,(H,12,13). The van der Waals surface area contributed by atoms with Crippen LogP contribution in [0.5, 0.6) is 0 Å². The Hall–Kier alpha value is -0.570. The van der Waals surface area contributed by atoms with Crippen LogP contribution in [0.2, 0.25) is 0 Å². The van der Waals surface area contributed by atoms with Crippen LogP contribution >= 0.6 is 0 Å². The van der Waals surface area contributed by atoms with Crippen LogP contribution in [0.3, 0.4) is 0 Å². The number of hydrogen-bond donors (Lipinski definition) is 1. The van der Waals surface area contributed by atoms with Gasteiger partial charge in [-0.25, -0.2) is 0 Å². The number of hydrogen-bond acceptors (Lipinski definition) is 2. The fourth-order valence-electron chi connectivity index (χ4n) is 1.27. The fourth-order valence-corrected chi connectivity index (χ4v) is 1.27. The van der Waals surface area contributed by atoms with Crippen LogP contribution in [0.4, 0.5) is 0 Å². The lowest BCUT2D eigenvalue weighted by atomic mass is 10.1. The molecule has 3 nitrogen and oxygen atoms in total. The minimum atomic E-state index is -0.706. The van der Waals surface area contributed by atoms with Gasteiger partial charge in [-0.1, -0.05) is 26.7 Å². The highest BCUT2D eigenvalue weighted by atomic mass is 16.4. The lowest BCUT2D eigenvalue weighted by Gasteiger charge is -2.18. The predicted molar refractivity (Wildman–Crippen MR) is 53.8 cm³/mol. The summed E-state index contributed by atoms with van der Waals surface area (Å²) in [6, 6.07) is 0. The summed E-state index contributed by atoms with van der Waals surface area (Å²) in [5.41, 5.74) is 0. The average molecular weight is 187 g/mol. The molecule has 0 aromatic rings. The summed E-state index contributed by atoms with van der Waals surface area (Å²) in [6.45, 7) is 5.57. The van der Waals surface area contributed by atoms with E-state index in [1.807, 2.05) is 7.05 Å². The molecule has 0 aromatic carbocycles. The lowest BCUT2D eigenvalue weighted by molar-refractivity contribution is -0.141. The molecule has 78 valence electrons. The number of carboxylic acid groups (broad SMARTS) is 1. The largest absolute Gasteiger partial charge is 0.481 e. The van der Waals surface area contributed by atoms with Crippen molar-refractivity contribution in [3.05, 3.63) is 0 Å². The van der Waals surface area contributed by atoms with Crippen LogP contribution in [-0.2, 0) is 4.79 Å². The Bertz CT molecular complexity index is 148. The normalized spacial score (nSPS) is 13.2. The van der Waals surface area contributed by atoms with Crippen molar-refractivity contribution in [1.29, 1.82) is 0 Å². The second kappa shape index (κ2) is 6.89. The second-order valence-electron chi connectivity index (χ2n) is 3.71. The first-order chi connectivity index (χ1) is 6.07. The molecule has 0 saturated carbocycles. The second-order valence-corrected chi connectivity index (χ2v) is 3.71. The van der Waals surface area contributed by atoms with Gasteiger partial charge in [0, 0.05) is 6.54 Å². The van der Waals surface area contributed by atoms with Gasteiger partial charge in [0.05, 0.1) is 5.92 Å². The highest BCUT2D eigenvalue weighted by molar-refractivity contribution is 5.69. The summed E-state index contributed by atoms with van der Waals surface area (Å²) in [4.78, 5) is 12.6. The summed E-state index contributed by atoms with van der Waals surface area (Å²) >= 11 is 0. The number of carboxylic acids is 1. The molecule has 0 heterocycles. The number of unbranched alkanes of at least 4 members (excludes halogenated alkanes) is 2. The third-order valence-electron chi connectivity index (χ3n) is 2.15. The van der Waals surface area contributed by atoms with Gasteiger partial charge in [0.25, 0.3) is 0 Å². The smallest absolute Gasteiger partial charge is 0.307 e. The van der Waals surface area contributed by atoms with Crippen molar-refractivity contribution in [2.75, 3.05) is 20.1 Å². The lowest BCUT2D eigenvalue weighted by Crippen LogP contribution is -2.29. The van der Waals surface area contributed by atoms with Crippen LogP contribution in [-0.4, -0.2) is 36.1 Å². The number of aliphatic carboxylic acids is 1. The van der Waals surface area contributed by atoms with Gasteiger partial charge in [0.1, 0.15) is 0 Å². The van der Waals surface area contributed by atoms with E-state index in [0.717, 1.165) is 6.54 Å². The molecular weight excluding hydrogens is 166 g/mol. The molecule has 0 spiro atoms. The van der Waals surface area contributed by atoms with Gasteiger partial charge >= 0.3 is 5.97 Å². The minimum absolute atomic E-state index is 0.258. The monoisotopic (exact) mass is 187 g/mol. The summed E-state index contributed by atoms with van der Waals surface area (Å²) < 4.78 is 0. The molecule has 13 heavy (non-hydrogen) atoms. The zero-order chi connectivity index (χ0) is 10.3. The third kappa shape index (κ3) is 6.58. The molecule has 1 unspecified atom stereocenters.